The predicted molar refractivity (Wildman–Crippen MR) is 127 cm³/mol. The van der Waals surface area contributed by atoms with Gasteiger partial charge in [-0.2, -0.15) is 0 Å². The van der Waals surface area contributed by atoms with Crippen LogP contribution in [-0.4, -0.2) is 27.5 Å². The van der Waals surface area contributed by atoms with E-state index in [1.807, 2.05) is 25.1 Å². The van der Waals surface area contributed by atoms with Crippen molar-refractivity contribution in [3.63, 3.8) is 0 Å². The molecule has 168 valence electrons. The molecule has 1 aliphatic rings. The van der Waals surface area contributed by atoms with Gasteiger partial charge in [0.15, 0.2) is 11.4 Å². The number of benzene rings is 2. The fourth-order valence-electron chi connectivity index (χ4n) is 3.73. The number of halogens is 2. The van der Waals surface area contributed by atoms with Crippen LogP contribution in [0.15, 0.2) is 60.1 Å². The molecule has 0 fully saturated rings. The Hall–Kier alpha value is -3.29. The third kappa shape index (κ3) is 4.60. The lowest BCUT2D eigenvalue weighted by Crippen LogP contribution is -2.36. The number of hydrogen-bond donors (Lipinski definition) is 0. The van der Waals surface area contributed by atoms with Crippen LogP contribution in [-0.2, 0) is 15.2 Å². The van der Waals surface area contributed by atoms with Gasteiger partial charge in [0.1, 0.15) is 0 Å². The minimum Gasteiger partial charge on any atom is -0.384 e. The van der Waals surface area contributed by atoms with E-state index in [1.165, 1.54) is 25.5 Å². The maximum Gasteiger partial charge on any atom is 0.266 e. The Labute approximate surface area is 201 Å². The summed E-state index contributed by atoms with van der Waals surface area (Å²) in [6, 6.07) is 10.6. The summed E-state index contributed by atoms with van der Waals surface area (Å²) in [5.41, 5.74) is 2.72. The largest absolute Gasteiger partial charge is 0.384 e. The van der Waals surface area contributed by atoms with Gasteiger partial charge >= 0.3 is 0 Å². The summed E-state index contributed by atoms with van der Waals surface area (Å²) < 4.78 is 0. The molecule has 1 atom stereocenters. The zero-order valence-corrected chi connectivity index (χ0v) is 19.7. The average Bonchev–Trinajstić information content (AvgIpc) is 3.17. The van der Waals surface area contributed by atoms with Crippen molar-refractivity contribution in [3.05, 3.63) is 87.3 Å². The van der Waals surface area contributed by atoms with E-state index in [-0.39, 0.29) is 5.82 Å². The molecule has 0 radical (unpaired) electrons. The van der Waals surface area contributed by atoms with Gasteiger partial charge in [-0.3, -0.25) is 14.6 Å². The molecule has 0 N–H and O–H groups in total. The van der Waals surface area contributed by atoms with Crippen LogP contribution < -0.4 is 4.90 Å². The van der Waals surface area contributed by atoms with Gasteiger partial charge < -0.3 is 4.84 Å². The molecule has 0 saturated heterocycles. The fourth-order valence-corrected chi connectivity index (χ4v) is 4.25. The number of nitrogens with zero attached hydrogens (tertiary/aromatic N) is 4. The maximum absolute atomic E-state index is 13.1. The molecule has 1 aromatic heterocycles. The number of amides is 2. The molecule has 0 bridgehead atoms. The van der Waals surface area contributed by atoms with Crippen molar-refractivity contribution >= 4 is 46.5 Å². The van der Waals surface area contributed by atoms with Crippen LogP contribution >= 0.6 is 23.2 Å². The van der Waals surface area contributed by atoms with Gasteiger partial charge in [0.05, 0.1) is 11.9 Å². The van der Waals surface area contributed by atoms with Crippen LogP contribution in [0.3, 0.4) is 0 Å². The Balaban J connectivity index is 1.59. The first-order valence-electron chi connectivity index (χ1n) is 10.1. The van der Waals surface area contributed by atoms with Crippen LogP contribution in [0.25, 0.3) is 0 Å². The first-order chi connectivity index (χ1) is 15.7. The fraction of sp³-hybridized carbons (Fsp3) is 0.208. The van der Waals surface area contributed by atoms with Crippen molar-refractivity contribution in [2.45, 2.75) is 32.8 Å². The number of oxime groups is 1. The number of aromatic nitrogens is 2. The zero-order valence-electron chi connectivity index (χ0n) is 18.2. The molecule has 9 heteroatoms. The maximum atomic E-state index is 13.1. The lowest BCUT2D eigenvalue weighted by atomic mass is 9.88. The molecule has 4 rings (SSSR count). The van der Waals surface area contributed by atoms with Gasteiger partial charge in [-0.1, -0.05) is 34.4 Å². The number of hydrogen-bond acceptors (Lipinski definition) is 6. The van der Waals surface area contributed by atoms with Crippen molar-refractivity contribution < 1.29 is 14.4 Å². The second-order valence-electron chi connectivity index (χ2n) is 7.95. The Bertz CT molecular complexity index is 1260. The highest BCUT2D eigenvalue weighted by Crippen LogP contribution is 2.38. The van der Waals surface area contributed by atoms with E-state index in [9.17, 15) is 9.59 Å². The normalized spacial score (nSPS) is 17.3. The molecule has 0 saturated carbocycles. The number of rotatable bonds is 4. The summed E-state index contributed by atoms with van der Waals surface area (Å²) in [7, 11) is 0. The van der Waals surface area contributed by atoms with Crippen LogP contribution in [0, 0.1) is 6.92 Å². The quantitative estimate of drug-likeness (QED) is 0.501. The SMILES string of the molecule is CC(=O)N(C(=O)c1ccc(C2=NOC(C)(c3cc(Cl)cc(Cl)c3)C2)cc1C)c1cnccn1. The summed E-state index contributed by atoms with van der Waals surface area (Å²) in [5.74, 6) is -0.758. The lowest BCUT2D eigenvalue weighted by Gasteiger charge is -2.22. The second kappa shape index (κ2) is 8.92. The van der Waals surface area contributed by atoms with Crippen molar-refractivity contribution in [2.24, 2.45) is 5.16 Å². The molecule has 2 aromatic carbocycles. The van der Waals surface area contributed by atoms with E-state index in [0.717, 1.165) is 21.7 Å². The van der Waals surface area contributed by atoms with E-state index in [4.69, 9.17) is 28.0 Å². The Morgan fingerprint density at radius 2 is 1.82 bits per heavy atom. The Morgan fingerprint density at radius 1 is 1.09 bits per heavy atom. The number of carbonyl (C=O) groups is 2. The molecule has 0 aliphatic carbocycles. The molecule has 0 spiro atoms. The average molecular weight is 483 g/mol. The third-order valence-electron chi connectivity index (χ3n) is 5.42. The molecular formula is C24H20Cl2N4O3. The highest BCUT2D eigenvalue weighted by Gasteiger charge is 2.37. The number of imide groups is 1. The van der Waals surface area contributed by atoms with Gasteiger partial charge in [-0.15, -0.1) is 0 Å². The van der Waals surface area contributed by atoms with Crippen LogP contribution in [0.5, 0.6) is 0 Å². The number of carbonyl (C=O) groups excluding carboxylic acids is 2. The zero-order chi connectivity index (χ0) is 23.8. The molecule has 1 aliphatic heterocycles. The molecule has 3 aromatic rings. The molecule has 1 unspecified atom stereocenters. The Morgan fingerprint density at radius 3 is 2.42 bits per heavy atom. The molecule has 2 amide bonds. The number of aryl methyl sites for hydroxylation is 1. The molecule has 33 heavy (non-hydrogen) atoms. The molecular weight excluding hydrogens is 463 g/mol. The topological polar surface area (TPSA) is 84.8 Å². The van der Waals surface area contributed by atoms with E-state index in [0.29, 0.717) is 27.6 Å². The monoisotopic (exact) mass is 482 g/mol. The lowest BCUT2D eigenvalue weighted by molar-refractivity contribution is -0.116. The predicted octanol–water partition coefficient (Wildman–Crippen LogP) is 5.32. The van der Waals surface area contributed by atoms with E-state index in [2.05, 4.69) is 15.1 Å². The van der Waals surface area contributed by atoms with Crippen molar-refractivity contribution in [1.82, 2.24) is 9.97 Å². The highest BCUT2D eigenvalue weighted by atomic mass is 35.5. The summed E-state index contributed by atoms with van der Waals surface area (Å²) >= 11 is 12.3. The summed E-state index contributed by atoms with van der Waals surface area (Å²) in [6.45, 7) is 5.03. The summed E-state index contributed by atoms with van der Waals surface area (Å²) in [5, 5.41) is 5.33. The molecule has 7 nitrogen and oxygen atoms in total. The smallest absolute Gasteiger partial charge is 0.266 e. The van der Waals surface area contributed by atoms with Gasteiger partial charge in [0.25, 0.3) is 5.91 Å². The minimum absolute atomic E-state index is 0.169. The standard InChI is InChI=1S/C24H20Cl2N4O3/c1-14-8-16(21-12-24(3,33-29-21)17-9-18(25)11-19(26)10-17)4-5-20(14)23(32)30(15(2)31)22-13-27-6-7-28-22/h4-11,13H,12H2,1-3H3. The first-order valence-corrected chi connectivity index (χ1v) is 10.9. The summed E-state index contributed by atoms with van der Waals surface area (Å²) in [6.07, 6.45) is 4.77. The van der Waals surface area contributed by atoms with Crippen LogP contribution in [0.2, 0.25) is 10.0 Å². The van der Waals surface area contributed by atoms with Crippen molar-refractivity contribution in [3.8, 4) is 0 Å². The van der Waals surface area contributed by atoms with Crippen molar-refractivity contribution in [2.75, 3.05) is 4.90 Å². The van der Waals surface area contributed by atoms with Crippen molar-refractivity contribution in [1.29, 1.82) is 0 Å². The Kier molecular flexibility index (Phi) is 6.19. The number of anilines is 1. The highest BCUT2D eigenvalue weighted by molar-refractivity contribution is 6.34. The van der Waals surface area contributed by atoms with Gasteiger partial charge in [0.2, 0.25) is 5.91 Å². The first kappa shape index (κ1) is 22.9. The van der Waals surface area contributed by atoms with E-state index in [1.54, 1.807) is 25.1 Å². The van der Waals surface area contributed by atoms with Crippen LogP contribution in [0.4, 0.5) is 5.82 Å². The summed E-state index contributed by atoms with van der Waals surface area (Å²) in [4.78, 5) is 40.2. The van der Waals surface area contributed by atoms with Gasteiger partial charge in [0, 0.05) is 46.9 Å². The third-order valence-corrected chi connectivity index (χ3v) is 5.86. The van der Waals surface area contributed by atoms with Gasteiger partial charge in [-0.25, -0.2) is 9.88 Å². The van der Waals surface area contributed by atoms with Gasteiger partial charge in [-0.05, 0) is 55.3 Å². The van der Waals surface area contributed by atoms with E-state index < -0.39 is 17.4 Å². The molecule has 2 heterocycles. The minimum atomic E-state index is -0.719. The van der Waals surface area contributed by atoms with Crippen LogP contribution in [0.1, 0.15) is 47.3 Å². The second-order valence-corrected chi connectivity index (χ2v) is 8.82. The van der Waals surface area contributed by atoms with E-state index >= 15 is 0 Å².